The summed E-state index contributed by atoms with van der Waals surface area (Å²) in [6.45, 7) is 0. The summed E-state index contributed by atoms with van der Waals surface area (Å²) in [5, 5.41) is 0. The van der Waals surface area contributed by atoms with Crippen LogP contribution in [0.2, 0.25) is 0 Å². The fourth-order valence-electron chi connectivity index (χ4n) is 3.41. The highest BCUT2D eigenvalue weighted by atomic mass is 79.9. The molecule has 0 saturated carbocycles. The monoisotopic (exact) mass is 344 g/mol. The minimum Gasteiger partial charge on any atom is -0.328 e. The number of hydrogen-bond acceptors (Lipinski definition) is 4. The van der Waals surface area contributed by atoms with Crippen LogP contribution in [-0.2, 0) is 6.42 Å². The number of pyridine rings is 1. The first kappa shape index (κ1) is 12.9. The van der Waals surface area contributed by atoms with E-state index in [1.165, 1.54) is 0 Å². The van der Waals surface area contributed by atoms with Gasteiger partial charge in [0.1, 0.15) is 6.33 Å². The van der Waals surface area contributed by atoms with Crippen LogP contribution in [0.4, 0.5) is 0 Å². The molecule has 2 aromatic heterocycles. The van der Waals surface area contributed by atoms with E-state index >= 15 is 0 Å². The summed E-state index contributed by atoms with van der Waals surface area (Å²) in [4.78, 5) is 27.4. The molecule has 0 aliphatic carbocycles. The molecular formula is C15H13BrN4O. The molecule has 1 amide bonds. The fourth-order valence-corrected chi connectivity index (χ4v) is 3.78. The predicted octanol–water partition coefficient (Wildman–Crippen LogP) is 2.54. The predicted molar refractivity (Wildman–Crippen MR) is 79.6 cm³/mol. The SMILES string of the molecule is O=C(c1cncc(Br)c1)N1[C@H]2CC[C@H]1c1cncnc1C2. The zero-order chi connectivity index (χ0) is 14.4. The van der Waals surface area contributed by atoms with E-state index in [1.807, 2.05) is 17.2 Å². The van der Waals surface area contributed by atoms with Gasteiger partial charge in [0.2, 0.25) is 0 Å². The number of amides is 1. The highest BCUT2D eigenvalue weighted by Crippen LogP contribution is 2.43. The second-order valence-corrected chi connectivity index (χ2v) is 6.40. The van der Waals surface area contributed by atoms with Crippen LogP contribution in [0.5, 0.6) is 0 Å². The third-order valence-corrected chi connectivity index (χ3v) is 4.74. The number of rotatable bonds is 1. The van der Waals surface area contributed by atoms with Crippen molar-refractivity contribution < 1.29 is 4.79 Å². The Hall–Kier alpha value is -1.82. The molecule has 5 nitrogen and oxygen atoms in total. The van der Waals surface area contributed by atoms with Crippen molar-refractivity contribution in [2.24, 2.45) is 0 Å². The highest BCUT2D eigenvalue weighted by Gasteiger charge is 2.43. The van der Waals surface area contributed by atoms with Crippen molar-refractivity contribution in [3.8, 4) is 0 Å². The molecule has 2 atom stereocenters. The molecule has 0 spiro atoms. The maximum Gasteiger partial charge on any atom is 0.256 e. The molecule has 0 radical (unpaired) electrons. The molecule has 2 bridgehead atoms. The molecule has 21 heavy (non-hydrogen) atoms. The smallest absolute Gasteiger partial charge is 0.256 e. The average molecular weight is 345 g/mol. The number of carbonyl (C=O) groups excluding carboxylic acids is 1. The Morgan fingerprint density at radius 1 is 1.24 bits per heavy atom. The lowest BCUT2D eigenvalue weighted by atomic mass is 9.98. The minimum atomic E-state index is 0.0470. The maximum absolute atomic E-state index is 12.8. The lowest BCUT2D eigenvalue weighted by molar-refractivity contribution is 0.0643. The van der Waals surface area contributed by atoms with E-state index in [9.17, 15) is 4.79 Å². The quantitative estimate of drug-likeness (QED) is 0.797. The highest BCUT2D eigenvalue weighted by molar-refractivity contribution is 9.10. The molecule has 4 rings (SSSR count). The topological polar surface area (TPSA) is 59.0 Å². The number of halogens is 1. The number of aromatic nitrogens is 3. The number of nitrogens with zero attached hydrogens (tertiary/aromatic N) is 4. The number of fused-ring (bicyclic) bond motifs is 4. The largest absolute Gasteiger partial charge is 0.328 e. The lowest BCUT2D eigenvalue weighted by Crippen LogP contribution is -2.42. The maximum atomic E-state index is 12.8. The van der Waals surface area contributed by atoms with E-state index in [1.54, 1.807) is 18.7 Å². The van der Waals surface area contributed by atoms with Gasteiger partial charge in [-0.2, -0.15) is 0 Å². The standard InChI is InChI=1S/C15H13BrN4O/c16-10-3-9(5-17-6-10)15(21)20-11-1-2-14(20)12-7-18-8-19-13(12)4-11/h3,5-8,11,14H,1-2,4H2/t11-,14-/m0/s1. The molecule has 2 aliphatic rings. The van der Waals surface area contributed by atoms with Crippen LogP contribution < -0.4 is 0 Å². The van der Waals surface area contributed by atoms with Crippen molar-refractivity contribution in [1.82, 2.24) is 19.9 Å². The van der Waals surface area contributed by atoms with Gasteiger partial charge in [-0.25, -0.2) is 9.97 Å². The van der Waals surface area contributed by atoms with E-state index in [0.29, 0.717) is 5.56 Å². The van der Waals surface area contributed by atoms with Gasteiger partial charge in [0.15, 0.2) is 0 Å². The summed E-state index contributed by atoms with van der Waals surface area (Å²) in [7, 11) is 0. The van der Waals surface area contributed by atoms with Crippen molar-refractivity contribution in [2.75, 3.05) is 0 Å². The molecule has 2 aromatic rings. The van der Waals surface area contributed by atoms with Crippen LogP contribution in [0, 0.1) is 0 Å². The number of carbonyl (C=O) groups is 1. The summed E-state index contributed by atoms with van der Waals surface area (Å²) in [5.74, 6) is 0.0470. The second-order valence-electron chi connectivity index (χ2n) is 5.48. The van der Waals surface area contributed by atoms with Crippen LogP contribution >= 0.6 is 15.9 Å². The molecule has 0 aromatic carbocycles. The van der Waals surface area contributed by atoms with Gasteiger partial charge >= 0.3 is 0 Å². The van der Waals surface area contributed by atoms with Crippen LogP contribution in [0.15, 0.2) is 35.5 Å². The molecular weight excluding hydrogens is 332 g/mol. The van der Waals surface area contributed by atoms with Crippen LogP contribution in [-0.4, -0.2) is 31.8 Å². The van der Waals surface area contributed by atoms with Crippen LogP contribution in [0.1, 0.15) is 40.5 Å². The number of hydrogen-bond donors (Lipinski definition) is 0. The third kappa shape index (κ3) is 2.05. The Labute approximate surface area is 130 Å². The molecule has 0 N–H and O–H groups in total. The van der Waals surface area contributed by atoms with Gasteiger partial charge in [-0.05, 0) is 34.8 Å². The van der Waals surface area contributed by atoms with Crippen molar-refractivity contribution in [1.29, 1.82) is 0 Å². The van der Waals surface area contributed by atoms with Gasteiger partial charge in [0.05, 0.1) is 17.3 Å². The Balaban J connectivity index is 1.73. The Kier molecular flexibility index (Phi) is 2.99. The van der Waals surface area contributed by atoms with E-state index in [4.69, 9.17) is 0 Å². The summed E-state index contributed by atoms with van der Waals surface area (Å²) in [6, 6.07) is 2.17. The van der Waals surface area contributed by atoms with Gasteiger partial charge in [-0.3, -0.25) is 9.78 Å². The molecule has 4 heterocycles. The van der Waals surface area contributed by atoms with Crippen LogP contribution in [0.25, 0.3) is 0 Å². The molecule has 2 aliphatic heterocycles. The molecule has 1 fully saturated rings. The molecule has 0 unspecified atom stereocenters. The van der Waals surface area contributed by atoms with E-state index in [2.05, 4.69) is 30.9 Å². The normalized spacial score (nSPS) is 23.0. The van der Waals surface area contributed by atoms with Gasteiger partial charge in [-0.1, -0.05) is 0 Å². The minimum absolute atomic E-state index is 0.0470. The zero-order valence-corrected chi connectivity index (χ0v) is 12.8. The first-order chi connectivity index (χ1) is 10.2. The van der Waals surface area contributed by atoms with Gasteiger partial charge < -0.3 is 4.90 Å². The first-order valence-corrected chi connectivity index (χ1v) is 7.75. The Bertz CT molecular complexity index is 720. The van der Waals surface area contributed by atoms with Gasteiger partial charge in [0, 0.05) is 41.1 Å². The van der Waals surface area contributed by atoms with Gasteiger partial charge in [-0.15, -0.1) is 0 Å². The van der Waals surface area contributed by atoms with Crippen molar-refractivity contribution in [3.63, 3.8) is 0 Å². The summed E-state index contributed by atoms with van der Waals surface area (Å²) in [5.41, 5.74) is 2.82. The summed E-state index contributed by atoms with van der Waals surface area (Å²) < 4.78 is 0.821. The van der Waals surface area contributed by atoms with Crippen LogP contribution in [0.3, 0.4) is 0 Å². The van der Waals surface area contributed by atoms with E-state index in [-0.39, 0.29) is 18.0 Å². The average Bonchev–Trinajstić information content (AvgIpc) is 2.81. The first-order valence-electron chi connectivity index (χ1n) is 6.96. The molecule has 6 heteroatoms. The summed E-state index contributed by atoms with van der Waals surface area (Å²) in [6.07, 6.45) is 9.59. The lowest BCUT2D eigenvalue weighted by Gasteiger charge is -2.35. The van der Waals surface area contributed by atoms with Crippen molar-refractivity contribution in [3.05, 3.63) is 52.3 Å². The van der Waals surface area contributed by atoms with E-state index in [0.717, 1.165) is 35.0 Å². The van der Waals surface area contributed by atoms with Crippen molar-refractivity contribution in [2.45, 2.75) is 31.3 Å². The molecule has 1 saturated heterocycles. The zero-order valence-electron chi connectivity index (χ0n) is 11.2. The van der Waals surface area contributed by atoms with Crippen molar-refractivity contribution >= 4 is 21.8 Å². The fraction of sp³-hybridized carbons (Fsp3) is 0.333. The van der Waals surface area contributed by atoms with Gasteiger partial charge in [0.25, 0.3) is 5.91 Å². The third-order valence-electron chi connectivity index (χ3n) is 4.30. The van der Waals surface area contributed by atoms with E-state index < -0.39 is 0 Å². The summed E-state index contributed by atoms with van der Waals surface area (Å²) >= 11 is 3.37. The Morgan fingerprint density at radius 2 is 2.14 bits per heavy atom. The second kappa shape index (κ2) is 4.87. The molecule has 106 valence electrons. The Morgan fingerprint density at radius 3 is 3.00 bits per heavy atom.